The highest BCUT2D eigenvalue weighted by Gasteiger charge is 2.26. The third-order valence-corrected chi connectivity index (χ3v) is 15.3. The van der Waals surface area contributed by atoms with Crippen molar-refractivity contribution in [3.05, 3.63) is 24.3 Å². The predicted octanol–water partition coefficient (Wildman–Crippen LogP) is 19.6. The quantitative estimate of drug-likeness (QED) is 0.0274. The van der Waals surface area contributed by atoms with E-state index >= 15 is 0 Å². The zero-order valence-corrected chi connectivity index (χ0v) is 49.0. The molecule has 0 bridgehead atoms. The SMILES string of the molecule is CCCCC/C=C\C/C=C\CCCCCCCC(=O)OCCCCCCCCCCCCCCCCCCCCCCCCCCCC(=O)N[C@@H](CO)[C@H](O)[C@H](O)CCCCCCCCCCCCCCCC. The van der Waals surface area contributed by atoms with Crippen LogP contribution in [-0.4, -0.2) is 58.7 Å². The van der Waals surface area contributed by atoms with Crippen molar-refractivity contribution in [2.45, 2.75) is 372 Å². The maximum absolute atomic E-state index is 12.5. The molecule has 7 nitrogen and oxygen atoms in total. The van der Waals surface area contributed by atoms with Crippen molar-refractivity contribution >= 4 is 11.9 Å². The molecule has 0 heterocycles. The van der Waals surface area contributed by atoms with Gasteiger partial charge in [-0.25, -0.2) is 0 Å². The van der Waals surface area contributed by atoms with E-state index in [2.05, 4.69) is 43.5 Å². The molecule has 0 aliphatic carbocycles. The predicted molar refractivity (Wildman–Crippen MR) is 316 cm³/mol. The van der Waals surface area contributed by atoms with Gasteiger partial charge in [-0.05, 0) is 57.8 Å². The highest BCUT2D eigenvalue weighted by Crippen LogP contribution is 2.19. The van der Waals surface area contributed by atoms with E-state index in [4.69, 9.17) is 4.74 Å². The maximum Gasteiger partial charge on any atom is 0.305 e. The van der Waals surface area contributed by atoms with Gasteiger partial charge in [0.1, 0.15) is 6.10 Å². The second kappa shape index (κ2) is 61.2. The number of hydrogen-bond donors (Lipinski definition) is 4. The van der Waals surface area contributed by atoms with Gasteiger partial charge in [-0.1, -0.05) is 308 Å². The van der Waals surface area contributed by atoms with Crippen molar-refractivity contribution in [3.63, 3.8) is 0 Å². The molecule has 0 saturated carbocycles. The molecule has 0 aromatic rings. The van der Waals surface area contributed by atoms with Gasteiger partial charge in [0.25, 0.3) is 0 Å². The van der Waals surface area contributed by atoms with E-state index in [0.717, 1.165) is 64.2 Å². The first-order valence-corrected chi connectivity index (χ1v) is 32.7. The Bertz CT molecular complexity index is 1160. The summed E-state index contributed by atoms with van der Waals surface area (Å²) in [7, 11) is 0. The lowest BCUT2D eigenvalue weighted by atomic mass is 9.99. The second-order valence-corrected chi connectivity index (χ2v) is 22.6. The first-order chi connectivity index (χ1) is 36.0. The van der Waals surface area contributed by atoms with Gasteiger partial charge in [0.05, 0.1) is 25.4 Å². The summed E-state index contributed by atoms with van der Waals surface area (Å²) in [4.78, 5) is 24.6. The first kappa shape index (κ1) is 71.3. The zero-order valence-electron chi connectivity index (χ0n) is 49.0. The molecule has 0 unspecified atom stereocenters. The Labute approximate surface area is 454 Å². The lowest BCUT2D eigenvalue weighted by Gasteiger charge is -2.26. The van der Waals surface area contributed by atoms with E-state index in [9.17, 15) is 24.9 Å². The minimum atomic E-state index is -1.14. The van der Waals surface area contributed by atoms with Crippen molar-refractivity contribution in [2.24, 2.45) is 0 Å². The normalized spacial score (nSPS) is 13.1. The number of aliphatic hydroxyl groups is 3. The summed E-state index contributed by atoms with van der Waals surface area (Å²) < 4.78 is 5.48. The number of ether oxygens (including phenoxy) is 1. The fourth-order valence-corrected chi connectivity index (χ4v) is 10.3. The highest BCUT2D eigenvalue weighted by molar-refractivity contribution is 5.76. The lowest BCUT2D eigenvalue weighted by Crippen LogP contribution is -2.50. The molecule has 73 heavy (non-hydrogen) atoms. The molecule has 0 spiro atoms. The Morgan fingerprint density at radius 1 is 0.397 bits per heavy atom. The van der Waals surface area contributed by atoms with Gasteiger partial charge >= 0.3 is 5.97 Å². The largest absolute Gasteiger partial charge is 0.466 e. The standard InChI is InChI=1S/C66H127NO6/c1-3-5-7-9-11-13-15-17-30-35-39-43-47-51-55-59-65(71)73-60-56-52-48-44-40-36-32-29-27-25-23-21-19-20-22-24-26-28-31-34-38-42-46-50-54-58-64(70)67-62(61-68)66(72)63(69)57-53-49-45-41-37-33-18-16-14-12-10-8-6-4-2/h11,13,17,30,62-63,66,68-69,72H,3-10,12,14-16,18-29,31-61H2,1-2H3,(H,67,70)/b13-11-,30-17-/t62-,63+,66-/m0/s1. The Balaban J connectivity index is 3.41. The van der Waals surface area contributed by atoms with Gasteiger partial charge in [0.2, 0.25) is 5.91 Å². The number of allylic oxidation sites excluding steroid dienone is 4. The second-order valence-electron chi connectivity index (χ2n) is 22.6. The smallest absolute Gasteiger partial charge is 0.305 e. The Morgan fingerprint density at radius 2 is 0.712 bits per heavy atom. The zero-order chi connectivity index (χ0) is 53.0. The number of carbonyl (C=O) groups excluding carboxylic acids is 2. The number of nitrogens with one attached hydrogen (secondary N) is 1. The molecule has 0 aromatic heterocycles. The molecule has 3 atom stereocenters. The van der Waals surface area contributed by atoms with Crippen LogP contribution in [0.1, 0.15) is 354 Å². The van der Waals surface area contributed by atoms with Crippen LogP contribution in [0.2, 0.25) is 0 Å². The molecule has 1 amide bonds. The van der Waals surface area contributed by atoms with E-state index in [1.807, 2.05) is 0 Å². The number of aliphatic hydroxyl groups excluding tert-OH is 3. The van der Waals surface area contributed by atoms with Crippen LogP contribution in [0.5, 0.6) is 0 Å². The monoisotopic (exact) mass is 1030 g/mol. The summed E-state index contributed by atoms with van der Waals surface area (Å²) in [6.07, 6.45) is 72.2. The summed E-state index contributed by atoms with van der Waals surface area (Å²) in [5.74, 6) is -0.145. The summed E-state index contributed by atoms with van der Waals surface area (Å²) in [5, 5.41) is 33.7. The third-order valence-electron chi connectivity index (χ3n) is 15.3. The van der Waals surface area contributed by atoms with Crippen molar-refractivity contribution in [2.75, 3.05) is 13.2 Å². The van der Waals surface area contributed by atoms with E-state index < -0.39 is 18.2 Å². The van der Waals surface area contributed by atoms with Gasteiger partial charge in [0, 0.05) is 12.8 Å². The van der Waals surface area contributed by atoms with Crippen LogP contribution in [0.4, 0.5) is 0 Å². The molecule has 0 radical (unpaired) electrons. The van der Waals surface area contributed by atoms with E-state index in [1.165, 1.54) is 257 Å². The van der Waals surface area contributed by atoms with Gasteiger partial charge in [0.15, 0.2) is 0 Å². The molecule has 0 aliphatic rings. The summed E-state index contributed by atoms with van der Waals surface area (Å²) in [6.45, 7) is 4.76. The fraction of sp³-hybridized carbons (Fsp3) is 0.909. The Kier molecular flexibility index (Phi) is 59.7. The van der Waals surface area contributed by atoms with Crippen LogP contribution in [0.25, 0.3) is 0 Å². The lowest BCUT2D eigenvalue weighted by molar-refractivity contribution is -0.143. The minimum absolute atomic E-state index is 0.000540. The Morgan fingerprint density at radius 3 is 1.11 bits per heavy atom. The average Bonchev–Trinajstić information content (AvgIpc) is 3.39. The first-order valence-electron chi connectivity index (χ1n) is 32.7. The van der Waals surface area contributed by atoms with Gasteiger partial charge in [-0.15, -0.1) is 0 Å². The number of amides is 1. The molecule has 0 aliphatic heterocycles. The van der Waals surface area contributed by atoms with Crippen molar-refractivity contribution < 1.29 is 29.6 Å². The summed E-state index contributed by atoms with van der Waals surface area (Å²) in [5.41, 5.74) is 0. The van der Waals surface area contributed by atoms with E-state index in [1.54, 1.807) is 0 Å². The molecule has 0 rings (SSSR count). The summed E-state index contributed by atoms with van der Waals surface area (Å²) >= 11 is 0. The molecule has 0 fully saturated rings. The van der Waals surface area contributed by atoms with Crippen LogP contribution >= 0.6 is 0 Å². The number of unbranched alkanes of at least 4 members (excludes halogenated alkanes) is 45. The third kappa shape index (κ3) is 56.3. The molecular weight excluding hydrogens is 903 g/mol. The average molecular weight is 1030 g/mol. The van der Waals surface area contributed by atoms with Crippen LogP contribution in [0.15, 0.2) is 24.3 Å². The highest BCUT2D eigenvalue weighted by atomic mass is 16.5. The number of hydrogen-bond acceptors (Lipinski definition) is 6. The van der Waals surface area contributed by atoms with Gasteiger partial charge in [-0.3, -0.25) is 9.59 Å². The molecular formula is C66H127NO6. The van der Waals surface area contributed by atoms with E-state index in [-0.39, 0.29) is 18.5 Å². The molecule has 0 aromatic carbocycles. The summed E-state index contributed by atoms with van der Waals surface area (Å²) in [6, 6.07) is -0.813. The van der Waals surface area contributed by atoms with Crippen LogP contribution in [0.3, 0.4) is 0 Å². The minimum Gasteiger partial charge on any atom is -0.466 e. The van der Waals surface area contributed by atoms with Crippen molar-refractivity contribution in [1.82, 2.24) is 5.32 Å². The molecule has 7 heteroatoms. The Hall–Kier alpha value is -1.70. The molecule has 0 saturated heterocycles. The van der Waals surface area contributed by atoms with E-state index in [0.29, 0.717) is 25.9 Å². The topological polar surface area (TPSA) is 116 Å². The van der Waals surface area contributed by atoms with Crippen LogP contribution in [-0.2, 0) is 14.3 Å². The maximum atomic E-state index is 12.5. The van der Waals surface area contributed by atoms with Gasteiger partial charge < -0.3 is 25.4 Å². The fourth-order valence-electron chi connectivity index (χ4n) is 10.3. The number of esters is 1. The molecule has 4 N–H and O–H groups in total. The number of rotatable bonds is 61. The number of carbonyl (C=O) groups is 2. The van der Waals surface area contributed by atoms with Crippen molar-refractivity contribution in [3.8, 4) is 0 Å². The van der Waals surface area contributed by atoms with Crippen molar-refractivity contribution in [1.29, 1.82) is 0 Å². The molecule has 432 valence electrons. The van der Waals surface area contributed by atoms with Gasteiger partial charge in [-0.2, -0.15) is 0 Å². The van der Waals surface area contributed by atoms with Crippen LogP contribution < -0.4 is 5.32 Å². The van der Waals surface area contributed by atoms with Crippen LogP contribution in [0, 0.1) is 0 Å².